The summed E-state index contributed by atoms with van der Waals surface area (Å²) in [5, 5.41) is 13.4. The lowest BCUT2D eigenvalue weighted by atomic mass is 10.2. The molecule has 0 radical (unpaired) electrons. The quantitative estimate of drug-likeness (QED) is 0.172. The van der Waals surface area contributed by atoms with Crippen LogP contribution in [0.3, 0.4) is 0 Å². The lowest BCUT2D eigenvalue weighted by Crippen LogP contribution is -2.19. The number of halogens is 2. The van der Waals surface area contributed by atoms with Crippen molar-refractivity contribution < 1.29 is 4.79 Å². The lowest BCUT2D eigenvalue weighted by Gasteiger charge is -2.10. The van der Waals surface area contributed by atoms with Gasteiger partial charge in [-0.15, -0.1) is 21.5 Å². The molecule has 2 aromatic heterocycles. The molecule has 0 unspecified atom stereocenters. The number of benzene rings is 2. The van der Waals surface area contributed by atoms with Crippen LogP contribution in [0.25, 0.3) is 17.1 Å². The SMILES string of the molecule is O=C(CSc1nnc(-c2ccccc2)n1-c1ccc(Br)cc1)N/N=C\c1ccc(Br)s1. The average molecular weight is 577 g/mol. The monoisotopic (exact) mass is 575 g/mol. The second-order valence-electron chi connectivity index (χ2n) is 6.21. The van der Waals surface area contributed by atoms with E-state index in [1.165, 1.54) is 23.1 Å². The minimum absolute atomic E-state index is 0.162. The third-order valence-corrected chi connectivity index (χ3v) is 7.07. The molecular weight excluding hydrogens is 562 g/mol. The Morgan fingerprint density at radius 1 is 1.06 bits per heavy atom. The number of hydrogen-bond donors (Lipinski definition) is 1. The number of carbonyl (C=O) groups is 1. The molecule has 0 saturated carbocycles. The van der Waals surface area contributed by atoms with Gasteiger partial charge in [-0.05, 0) is 52.3 Å². The van der Waals surface area contributed by atoms with Crippen molar-refractivity contribution >= 4 is 67.1 Å². The van der Waals surface area contributed by atoms with Crippen molar-refractivity contribution in [3.05, 3.63) is 79.9 Å². The van der Waals surface area contributed by atoms with E-state index in [9.17, 15) is 4.79 Å². The number of rotatable bonds is 7. The van der Waals surface area contributed by atoms with Gasteiger partial charge in [-0.3, -0.25) is 9.36 Å². The third kappa shape index (κ3) is 5.70. The highest BCUT2D eigenvalue weighted by molar-refractivity contribution is 9.11. The molecule has 156 valence electrons. The summed E-state index contributed by atoms with van der Waals surface area (Å²) in [4.78, 5) is 13.2. The molecule has 0 saturated heterocycles. The standard InChI is InChI=1S/C21H15Br2N5OS2/c22-15-6-8-16(9-7-15)28-20(14-4-2-1-3-5-14)26-27-21(28)30-13-19(29)25-24-12-17-10-11-18(23)31-17/h1-12H,13H2,(H,25,29)/b24-12-. The van der Waals surface area contributed by atoms with Gasteiger partial charge >= 0.3 is 0 Å². The first-order chi connectivity index (χ1) is 15.1. The fraction of sp³-hybridized carbons (Fsp3) is 0.0476. The highest BCUT2D eigenvalue weighted by Gasteiger charge is 2.17. The number of amides is 1. The van der Waals surface area contributed by atoms with Gasteiger partial charge in [0.25, 0.3) is 5.91 Å². The molecule has 1 amide bonds. The largest absolute Gasteiger partial charge is 0.272 e. The van der Waals surface area contributed by atoms with E-state index < -0.39 is 0 Å². The van der Waals surface area contributed by atoms with Crippen LogP contribution in [-0.4, -0.2) is 32.6 Å². The molecule has 0 fully saturated rings. The molecule has 0 aliphatic carbocycles. The van der Waals surface area contributed by atoms with Gasteiger partial charge in [0.05, 0.1) is 15.8 Å². The fourth-order valence-electron chi connectivity index (χ4n) is 2.69. The summed E-state index contributed by atoms with van der Waals surface area (Å²) < 4.78 is 3.94. The molecule has 4 aromatic rings. The van der Waals surface area contributed by atoms with Crippen molar-refractivity contribution in [2.45, 2.75) is 5.16 Å². The fourth-order valence-corrected chi connectivity index (χ4v) is 4.99. The summed E-state index contributed by atoms with van der Waals surface area (Å²) >= 11 is 9.71. The first-order valence-electron chi connectivity index (χ1n) is 9.07. The molecular formula is C21H15Br2N5OS2. The van der Waals surface area contributed by atoms with E-state index in [-0.39, 0.29) is 11.7 Å². The van der Waals surface area contributed by atoms with Crippen LogP contribution in [0.4, 0.5) is 0 Å². The number of carbonyl (C=O) groups excluding carboxylic acids is 1. The van der Waals surface area contributed by atoms with Gasteiger partial charge in [-0.25, -0.2) is 5.43 Å². The Morgan fingerprint density at radius 2 is 1.84 bits per heavy atom. The number of nitrogens with one attached hydrogen (secondary N) is 1. The van der Waals surface area contributed by atoms with Gasteiger partial charge in [0, 0.05) is 20.6 Å². The Morgan fingerprint density at radius 3 is 2.55 bits per heavy atom. The van der Waals surface area contributed by atoms with E-state index in [1.807, 2.05) is 71.3 Å². The number of hydrazone groups is 1. The van der Waals surface area contributed by atoms with Crippen LogP contribution in [0.1, 0.15) is 4.88 Å². The molecule has 6 nitrogen and oxygen atoms in total. The van der Waals surface area contributed by atoms with Gasteiger partial charge < -0.3 is 0 Å². The molecule has 2 aromatic carbocycles. The van der Waals surface area contributed by atoms with Crippen LogP contribution in [0, 0.1) is 0 Å². The minimum atomic E-state index is -0.219. The van der Waals surface area contributed by atoms with E-state index in [0.29, 0.717) is 11.0 Å². The summed E-state index contributed by atoms with van der Waals surface area (Å²) in [6.45, 7) is 0. The second kappa shape index (κ2) is 10.4. The summed E-state index contributed by atoms with van der Waals surface area (Å²) in [5.41, 5.74) is 4.41. The van der Waals surface area contributed by atoms with Crippen LogP contribution in [0.15, 0.2) is 85.2 Å². The number of nitrogens with zero attached hydrogens (tertiary/aromatic N) is 4. The maximum absolute atomic E-state index is 12.3. The molecule has 0 aliphatic heterocycles. The van der Waals surface area contributed by atoms with Gasteiger partial charge in [0.2, 0.25) is 0 Å². The highest BCUT2D eigenvalue weighted by Crippen LogP contribution is 2.28. The molecule has 0 atom stereocenters. The van der Waals surface area contributed by atoms with Crippen LogP contribution >= 0.6 is 55.0 Å². The maximum atomic E-state index is 12.3. The van der Waals surface area contributed by atoms with Gasteiger partial charge in [0.15, 0.2) is 11.0 Å². The van der Waals surface area contributed by atoms with Gasteiger partial charge in [-0.1, -0.05) is 58.0 Å². The number of aromatic nitrogens is 3. The zero-order valence-corrected chi connectivity index (χ0v) is 20.7. The van der Waals surface area contributed by atoms with E-state index >= 15 is 0 Å². The molecule has 31 heavy (non-hydrogen) atoms. The number of hydrogen-bond acceptors (Lipinski definition) is 6. The minimum Gasteiger partial charge on any atom is -0.272 e. The Balaban J connectivity index is 1.51. The van der Waals surface area contributed by atoms with E-state index in [2.05, 4.69) is 52.6 Å². The molecule has 2 heterocycles. The first kappa shape index (κ1) is 21.9. The zero-order chi connectivity index (χ0) is 21.6. The smallest absolute Gasteiger partial charge is 0.250 e. The van der Waals surface area contributed by atoms with Crippen molar-refractivity contribution in [2.75, 3.05) is 5.75 Å². The Bertz CT molecular complexity index is 1210. The molecule has 0 aliphatic rings. The van der Waals surface area contributed by atoms with E-state index in [4.69, 9.17) is 0 Å². The third-order valence-electron chi connectivity index (χ3n) is 4.06. The zero-order valence-electron chi connectivity index (χ0n) is 15.9. The summed E-state index contributed by atoms with van der Waals surface area (Å²) in [5.74, 6) is 0.658. The molecule has 1 N–H and O–H groups in total. The number of thioether (sulfide) groups is 1. The van der Waals surface area contributed by atoms with Crippen molar-refractivity contribution in [2.24, 2.45) is 5.10 Å². The van der Waals surface area contributed by atoms with Crippen molar-refractivity contribution in [1.82, 2.24) is 20.2 Å². The Labute approximate surface area is 204 Å². The van der Waals surface area contributed by atoms with E-state index in [0.717, 1.165) is 24.4 Å². The first-order valence-corrected chi connectivity index (χ1v) is 12.5. The summed E-state index contributed by atoms with van der Waals surface area (Å²) in [6.07, 6.45) is 1.62. The van der Waals surface area contributed by atoms with Crippen LogP contribution < -0.4 is 5.43 Å². The van der Waals surface area contributed by atoms with Gasteiger partial charge in [0.1, 0.15) is 0 Å². The average Bonchev–Trinajstić information content (AvgIpc) is 3.39. The Hall–Kier alpha value is -2.27. The molecule has 0 spiro atoms. The van der Waals surface area contributed by atoms with Crippen molar-refractivity contribution in [3.63, 3.8) is 0 Å². The normalized spacial score (nSPS) is 11.2. The second-order valence-corrected chi connectivity index (χ2v) is 10.6. The molecule has 10 heteroatoms. The maximum Gasteiger partial charge on any atom is 0.250 e. The predicted octanol–water partition coefficient (Wildman–Crippen LogP) is 5.76. The van der Waals surface area contributed by atoms with Crippen LogP contribution in [-0.2, 0) is 4.79 Å². The summed E-state index contributed by atoms with van der Waals surface area (Å²) in [7, 11) is 0. The molecule has 4 rings (SSSR count). The summed E-state index contributed by atoms with van der Waals surface area (Å²) in [6, 6.07) is 21.6. The molecule has 0 bridgehead atoms. The van der Waals surface area contributed by atoms with E-state index in [1.54, 1.807) is 6.21 Å². The van der Waals surface area contributed by atoms with Crippen molar-refractivity contribution in [3.8, 4) is 17.1 Å². The Kier molecular flexibility index (Phi) is 7.33. The lowest BCUT2D eigenvalue weighted by molar-refractivity contribution is -0.118. The highest BCUT2D eigenvalue weighted by atomic mass is 79.9. The topological polar surface area (TPSA) is 72.2 Å². The number of thiophene rings is 1. The van der Waals surface area contributed by atoms with Crippen LogP contribution in [0.2, 0.25) is 0 Å². The van der Waals surface area contributed by atoms with Crippen molar-refractivity contribution in [1.29, 1.82) is 0 Å². The van der Waals surface area contributed by atoms with Crippen LogP contribution in [0.5, 0.6) is 0 Å². The predicted molar refractivity (Wildman–Crippen MR) is 133 cm³/mol. The van der Waals surface area contributed by atoms with Gasteiger partial charge in [-0.2, -0.15) is 5.10 Å².